The van der Waals surface area contributed by atoms with E-state index in [1.165, 1.54) is 49.1 Å². The standard InChI is InChI=1S/C26H38BO2P/c1-7-9-19-30(20-10-8-2)24-18-14-12-16-22(24)21-15-11-13-17-23(21)27-28-25(3,4)26(5,6)29-27/h11-18H,7-10,19-20H2,1-6H3. The molecule has 1 heterocycles. The third kappa shape index (κ3) is 5.01. The second-order valence-electron chi connectivity index (χ2n) is 9.39. The summed E-state index contributed by atoms with van der Waals surface area (Å²) in [5.74, 6) is 0. The molecule has 0 saturated carbocycles. The molecule has 0 amide bonds. The predicted molar refractivity (Wildman–Crippen MR) is 134 cm³/mol. The number of hydrogen-bond donors (Lipinski definition) is 0. The minimum Gasteiger partial charge on any atom is -0.399 e. The first-order valence-corrected chi connectivity index (χ1v) is 13.3. The lowest BCUT2D eigenvalue weighted by molar-refractivity contribution is 0.00578. The topological polar surface area (TPSA) is 18.5 Å². The third-order valence-electron chi connectivity index (χ3n) is 6.57. The van der Waals surface area contributed by atoms with E-state index in [4.69, 9.17) is 9.31 Å². The highest BCUT2D eigenvalue weighted by Crippen LogP contribution is 2.41. The Morgan fingerprint density at radius 1 is 0.733 bits per heavy atom. The van der Waals surface area contributed by atoms with Gasteiger partial charge in [-0.25, -0.2) is 0 Å². The average Bonchev–Trinajstić information content (AvgIpc) is 2.95. The second-order valence-corrected chi connectivity index (χ2v) is 11.8. The summed E-state index contributed by atoms with van der Waals surface area (Å²) >= 11 is 0. The van der Waals surface area contributed by atoms with Gasteiger partial charge >= 0.3 is 7.12 Å². The van der Waals surface area contributed by atoms with Gasteiger partial charge in [-0.1, -0.05) is 83.1 Å². The molecule has 30 heavy (non-hydrogen) atoms. The van der Waals surface area contributed by atoms with Crippen molar-refractivity contribution in [2.24, 2.45) is 0 Å². The van der Waals surface area contributed by atoms with Gasteiger partial charge in [-0.15, -0.1) is 0 Å². The summed E-state index contributed by atoms with van der Waals surface area (Å²) < 4.78 is 12.9. The summed E-state index contributed by atoms with van der Waals surface area (Å²) in [6.45, 7) is 13.1. The summed E-state index contributed by atoms with van der Waals surface area (Å²) in [5.41, 5.74) is 3.09. The van der Waals surface area contributed by atoms with E-state index in [0.717, 1.165) is 5.46 Å². The van der Waals surface area contributed by atoms with Crippen molar-refractivity contribution in [3.8, 4) is 11.1 Å². The van der Waals surface area contributed by atoms with Crippen LogP contribution in [0.15, 0.2) is 48.5 Å². The highest BCUT2D eigenvalue weighted by molar-refractivity contribution is 7.65. The van der Waals surface area contributed by atoms with Crippen LogP contribution in [0.1, 0.15) is 67.2 Å². The zero-order chi connectivity index (χ0) is 21.8. The molecule has 3 rings (SSSR count). The zero-order valence-corrected chi connectivity index (χ0v) is 20.6. The fourth-order valence-corrected chi connectivity index (χ4v) is 6.88. The highest BCUT2D eigenvalue weighted by Gasteiger charge is 2.52. The van der Waals surface area contributed by atoms with Gasteiger partial charge in [-0.2, -0.15) is 0 Å². The lowest BCUT2D eigenvalue weighted by Gasteiger charge is -2.32. The summed E-state index contributed by atoms with van der Waals surface area (Å²) in [5, 5.41) is 1.54. The number of hydrogen-bond acceptors (Lipinski definition) is 2. The molecule has 1 aliphatic heterocycles. The fourth-order valence-electron chi connectivity index (χ4n) is 3.95. The lowest BCUT2D eigenvalue weighted by Crippen LogP contribution is -2.41. The maximum absolute atomic E-state index is 6.43. The van der Waals surface area contributed by atoms with E-state index >= 15 is 0 Å². The largest absolute Gasteiger partial charge is 0.495 e. The Morgan fingerprint density at radius 3 is 1.80 bits per heavy atom. The first-order valence-electron chi connectivity index (χ1n) is 11.6. The van der Waals surface area contributed by atoms with Crippen LogP contribution in [0.3, 0.4) is 0 Å². The Balaban J connectivity index is 2.02. The van der Waals surface area contributed by atoms with Crippen molar-refractivity contribution >= 4 is 25.8 Å². The molecule has 1 aliphatic rings. The first-order chi connectivity index (χ1) is 14.3. The van der Waals surface area contributed by atoms with Crippen LogP contribution >= 0.6 is 7.92 Å². The van der Waals surface area contributed by atoms with E-state index in [1.807, 2.05) is 0 Å². The minimum atomic E-state index is -0.336. The highest BCUT2D eigenvalue weighted by atomic mass is 31.1. The maximum atomic E-state index is 6.43. The normalized spacial score (nSPS) is 17.6. The number of unbranched alkanes of at least 4 members (excludes halogenated alkanes) is 2. The molecule has 1 fully saturated rings. The number of rotatable bonds is 9. The molecule has 0 N–H and O–H groups in total. The fraction of sp³-hybridized carbons (Fsp3) is 0.538. The average molecular weight is 424 g/mol. The zero-order valence-electron chi connectivity index (χ0n) is 19.7. The second kappa shape index (κ2) is 9.98. The number of benzene rings is 2. The Hall–Kier alpha value is -1.15. The van der Waals surface area contributed by atoms with Crippen LogP contribution < -0.4 is 10.8 Å². The molecule has 2 aromatic carbocycles. The summed E-state index contributed by atoms with van der Waals surface area (Å²) in [7, 11) is -0.492. The van der Waals surface area contributed by atoms with Crippen molar-refractivity contribution in [1.29, 1.82) is 0 Å². The minimum absolute atomic E-state index is 0.156. The molecule has 2 aromatic rings. The van der Waals surface area contributed by atoms with Gasteiger partial charge in [0, 0.05) is 0 Å². The van der Waals surface area contributed by atoms with Gasteiger partial charge in [0.1, 0.15) is 0 Å². The van der Waals surface area contributed by atoms with Crippen molar-refractivity contribution in [2.45, 2.75) is 78.4 Å². The summed E-state index contributed by atoms with van der Waals surface area (Å²) in [6.07, 6.45) is 7.78. The smallest absolute Gasteiger partial charge is 0.399 e. The Bertz CT molecular complexity index is 809. The van der Waals surface area contributed by atoms with Crippen LogP contribution in [0.5, 0.6) is 0 Å². The Labute approximate surface area is 185 Å². The van der Waals surface area contributed by atoms with Crippen LogP contribution in [0.4, 0.5) is 0 Å². The molecule has 162 valence electrons. The van der Waals surface area contributed by atoms with E-state index in [2.05, 4.69) is 90.1 Å². The van der Waals surface area contributed by atoms with E-state index in [1.54, 1.807) is 5.30 Å². The third-order valence-corrected chi connectivity index (χ3v) is 9.35. The molecular formula is C26H38BO2P. The van der Waals surface area contributed by atoms with Gasteiger partial charge in [0.25, 0.3) is 0 Å². The van der Waals surface area contributed by atoms with Crippen molar-refractivity contribution in [1.82, 2.24) is 0 Å². The van der Waals surface area contributed by atoms with Crippen LogP contribution in [-0.4, -0.2) is 30.6 Å². The van der Waals surface area contributed by atoms with Crippen LogP contribution in [0, 0.1) is 0 Å². The Morgan fingerprint density at radius 2 is 1.23 bits per heavy atom. The van der Waals surface area contributed by atoms with E-state index in [-0.39, 0.29) is 26.2 Å². The van der Waals surface area contributed by atoms with Gasteiger partial charge in [0.2, 0.25) is 0 Å². The van der Waals surface area contributed by atoms with Gasteiger partial charge in [-0.05, 0) is 74.8 Å². The molecule has 0 aliphatic carbocycles. The van der Waals surface area contributed by atoms with Crippen molar-refractivity contribution in [3.63, 3.8) is 0 Å². The van der Waals surface area contributed by atoms with Crippen LogP contribution in [0.2, 0.25) is 0 Å². The van der Waals surface area contributed by atoms with Crippen molar-refractivity contribution in [3.05, 3.63) is 48.5 Å². The SMILES string of the molecule is CCCCP(CCCC)c1ccccc1-c1ccccc1B1OC(C)(C)C(C)(C)O1. The first kappa shape index (κ1) is 23.5. The molecule has 0 bridgehead atoms. The van der Waals surface area contributed by atoms with Crippen molar-refractivity contribution in [2.75, 3.05) is 12.3 Å². The summed E-state index contributed by atoms with van der Waals surface area (Å²) in [6, 6.07) is 17.7. The van der Waals surface area contributed by atoms with Crippen molar-refractivity contribution < 1.29 is 9.31 Å². The van der Waals surface area contributed by atoms with Gasteiger partial charge < -0.3 is 9.31 Å². The molecule has 0 aromatic heterocycles. The molecule has 1 saturated heterocycles. The van der Waals surface area contributed by atoms with Gasteiger partial charge in [0.05, 0.1) is 11.2 Å². The van der Waals surface area contributed by atoms with E-state index < -0.39 is 0 Å². The summed E-state index contributed by atoms with van der Waals surface area (Å²) in [4.78, 5) is 0. The molecule has 4 heteroatoms. The van der Waals surface area contributed by atoms with E-state index in [0.29, 0.717) is 0 Å². The molecule has 0 atom stereocenters. The van der Waals surface area contributed by atoms with E-state index in [9.17, 15) is 0 Å². The monoisotopic (exact) mass is 424 g/mol. The predicted octanol–water partition coefficient (Wildman–Crippen LogP) is 6.36. The molecule has 0 unspecified atom stereocenters. The molecule has 0 spiro atoms. The molecular weight excluding hydrogens is 386 g/mol. The molecule has 2 nitrogen and oxygen atoms in total. The molecule has 0 radical (unpaired) electrons. The van der Waals surface area contributed by atoms with Gasteiger partial charge in [-0.3, -0.25) is 0 Å². The Kier molecular flexibility index (Phi) is 7.83. The maximum Gasteiger partial charge on any atom is 0.495 e. The quantitative estimate of drug-likeness (QED) is 0.345. The van der Waals surface area contributed by atoms with Crippen LogP contribution in [-0.2, 0) is 9.31 Å². The van der Waals surface area contributed by atoms with Gasteiger partial charge in [0.15, 0.2) is 0 Å². The lowest BCUT2D eigenvalue weighted by atomic mass is 9.74. The van der Waals surface area contributed by atoms with Crippen LogP contribution in [0.25, 0.3) is 11.1 Å².